The summed E-state index contributed by atoms with van der Waals surface area (Å²) in [6.45, 7) is 10.6. The number of hydrogen-bond acceptors (Lipinski definition) is 15. The van der Waals surface area contributed by atoms with Crippen LogP contribution in [-0.2, 0) is 61.0 Å². The number of hydrogen-bond donors (Lipinski definition) is 5. The fourth-order valence-corrected chi connectivity index (χ4v) is 5.13. The summed E-state index contributed by atoms with van der Waals surface area (Å²) >= 11 is 6.77. The van der Waals surface area contributed by atoms with E-state index in [4.69, 9.17) is 65.7 Å². The topological polar surface area (TPSA) is 296 Å². The molecule has 0 saturated carbocycles. The summed E-state index contributed by atoms with van der Waals surface area (Å²) in [5.41, 5.74) is -4.07. The van der Waals surface area contributed by atoms with Crippen molar-refractivity contribution in [1.82, 2.24) is 14.4 Å². The Morgan fingerprint density at radius 1 is 0.753 bits per heavy atom. The first-order valence-electron chi connectivity index (χ1n) is 19.4. The number of methoxy groups -OCH3 is 2. The van der Waals surface area contributed by atoms with Gasteiger partial charge in [0.1, 0.15) is 34.5 Å². The first-order valence-corrected chi connectivity index (χ1v) is 25.3. The van der Waals surface area contributed by atoms with Gasteiger partial charge in [-0.05, 0) is 112 Å². The maximum atomic E-state index is 10.7. The Balaban J connectivity index is 0. The monoisotopic (exact) mass is 1320 g/mol. The maximum absolute atomic E-state index is 10.7. The molecule has 1 radical (unpaired) electrons. The number of imidazole rings is 1. The number of aromatic nitrogens is 3. The number of anilines is 3. The van der Waals surface area contributed by atoms with Gasteiger partial charge in [-0.2, -0.15) is 64.8 Å². The Morgan fingerprint density at radius 3 is 1.53 bits per heavy atom. The molecule has 6 N–H and O–H groups in total. The minimum atomic E-state index is -5.84. The van der Waals surface area contributed by atoms with Gasteiger partial charge < -0.3 is 20.5 Å². The van der Waals surface area contributed by atoms with E-state index < -0.39 is 46.9 Å². The van der Waals surface area contributed by atoms with Gasteiger partial charge in [-0.25, -0.2) is 14.8 Å². The standard InChI is InChI=1S/C19H17BrN4O.C8H7NO.C6H7NO.C5H5BrN2.3CHF3O3S.CH4.Sc/c1-12-9-13(10-21-12)18-19(22-15-4-6-16(25-2)7-5-15)24-11-14(20)3-8-17(24)23-18;1-9-7-3-5-8(10-2)6-4-7;1-5-2-3-6(4-8)7-5;6-4-1-2-5(7)8-3-4;3*2-1(3,4)8(5,6)7;;/h3-8,10-11,22H,9H2,1-2H3;3-6H,2H3;3-4H,2H2,1H3;1-3H,(H2,7,8);3*(H,5,6,7);1H4;. The Hall–Kier alpha value is -5.61. The Bertz CT molecular complexity index is 3110. The summed E-state index contributed by atoms with van der Waals surface area (Å²) in [7, 11) is -14.3. The van der Waals surface area contributed by atoms with Crippen LogP contribution in [0, 0.1) is 6.57 Å². The third-order valence-corrected chi connectivity index (χ3v) is 10.7. The van der Waals surface area contributed by atoms with E-state index in [2.05, 4.69) is 61.4 Å². The fourth-order valence-electron chi connectivity index (χ4n) is 4.56. The number of benzene rings is 2. The minimum absolute atomic E-state index is 0. The van der Waals surface area contributed by atoms with Crippen LogP contribution < -0.4 is 20.5 Å². The molecule has 2 aromatic carbocycles. The molecular formula is C42H43Br2F9N8O12S3Sc. The van der Waals surface area contributed by atoms with Crippen molar-refractivity contribution in [2.45, 2.75) is 50.6 Å². The average Bonchev–Trinajstić information content (AvgIpc) is 4.04. The summed E-state index contributed by atoms with van der Waals surface area (Å²) in [4.78, 5) is 30.2. The number of pyridine rings is 2. The molecule has 2 aliphatic heterocycles. The van der Waals surface area contributed by atoms with E-state index in [1.54, 1.807) is 50.7 Å². The number of carbonyl (C=O) groups is 1. The molecule has 0 aliphatic carbocycles. The minimum Gasteiger partial charge on any atom is -0.497 e. The second kappa shape index (κ2) is 32.3. The van der Waals surface area contributed by atoms with Gasteiger partial charge >= 0.3 is 46.9 Å². The number of nitrogen functional groups attached to an aromatic ring is 1. The van der Waals surface area contributed by atoms with Gasteiger partial charge in [0, 0.05) is 88.9 Å². The fraction of sp³-hybridized carbons (Fsp3) is 0.238. The summed E-state index contributed by atoms with van der Waals surface area (Å²) in [6.07, 6.45) is 9.84. The zero-order chi connectivity index (χ0) is 57.8. The van der Waals surface area contributed by atoms with Gasteiger partial charge in [0.15, 0.2) is 12.0 Å². The molecular weight excluding hydrogens is 1280 g/mol. The number of ether oxygens (including phenoxy) is 2. The zero-order valence-electron chi connectivity index (χ0n) is 39.0. The molecule has 77 heavy (non-hydrogen) atoms. The quantitative estimate of drug-likeness (QED) is 0.0347. The summed E-state index contributed by atoms with van der Waals surface area (Å²) in [5, 5.41) is 3.50. The van der Waals surface area contributed by atoms with Crippen LogP contribution in [0.1, 0.15) is 39.8 Å². The van der Waals surface area contributed by atoms with E-state index in [1.807, 2.05) is 74.8 Å². The maximum Gasteiger partial charge on any atom is 0.522 e. The van der Waals surface area contributed by atoms with E-state index in [9.17, 15) is 44.3 Å². The second-order valence-corrected chi connectivity index (χ2v) is 19.8. The number of allylic oxidation sites excluding steroid dienone is 3. The first-order chi connectivity index (χ1) is 34.4. The van der Waals surface area contributed by atoms with E-state index in [-0.39, 0.29) is 33.3 Å². The zero-order valence-corrected chi connectivity index (χ0v) is 46.4. The van der Waals surface area contributed by atoms with Crippen LogP contribution in [0.5, 0.6) is 11.5 Å². The van der Waals surface area contributed by atoms with Crippen molar-refractivity contribution in [3.63, 3.8) is 0 Å². The van der Waals surface area contributed by atoms with Crippen LogP contribution in [-0.4, -0.2) is 102 Å². The van der Waals surface area contributed by atoms with Crippen molar-refractivity contribution in [2.75, 3.05) is 25.3 Å². The summed E-state index contributed by atoms with van der Waals surface area (Å²) < 4.78 is 187. The molecule has 35 heteroatoms. The Morgan fingerprint density at radius 2 is 1.21 bits per heavy atom. The van der Waals surface area contributed by atoms with Crippen LogP contribution in [0.25, 0.3) is 16.1 Å². The molecule has 0 saturated heterocycles. The van der Waals surface area contributed by atoms with Crippen molar-refractivity contribution in [1.29, 1.82) is 0 Å². The third kappa shape index (κ3) is 27.0. The number of nitrogens with zero attached hydrogens (tertiary/aromatic N) is 6. The number of alkyl halides is 9. The third-order valence-electron chi connectivity index (χ3n) is 8.00. The van der Waals surface area contributed by atoms with Gasteiger partial charge in [-0.15, -0.1) is 0 Å². The number of aldehydes is 1. The molecule has 3 aromatic heterocycles. The van der Waals surface area contributed by atoms with Crippen molar-refractivity contribution in [3.05, 3.63) is 129 Å². The Kier molecular flexibility index (Phi) is 30.8. The van der Waals surface area contributed by atoms with Crippen LogP contribution in [0.4, 0.5) is 62.5 Å². The molecule has 421 valence electrons. The Labute approximate surface area is 470 Å². The predicted octanol–water partition coefficient (Wildman–Crippen LogP) is 11.5. The number of rotatable bonds is 6. The smallest absolute Gasteiger partial charge is 0.497 e. The predicted molar refractivity (Wildman–Crippen MR) is 272 cm³/mol. The molecule has 20 nitrogen and oxygen atoms in total. The van der Waals surface area contributed by atoms with Crippen LogP contribution in [0.2, 0.25) is 0 Å². The number of halogens is 11. The number of nitrogens with two attached hydrogens (primary N) is 1. The van der Waals surface area contributed by atoms with Gasteiger partial charge in [0.05, 0.1) is 26.5 Å². The average molecular weight is 1320 g/mol. The van der Waals surface area contributed by atoms with Gasteiger partial charge in [-0.1, -0.05) is 19.6 Å². The van der Waals surface area contributed by atoms with Gasteiger partial charge in [-0.3, -0.25) is 32.8 Å². The second-order valence-electron chi connectivity index (χ2n) is 13.7. The van der Waals surface area contributed by atoms with Crippen LogP contribution >= 0.6 is 31.9 Å². The summed E-state index contributed by atoms with van der Waals surface area (Å²) in [6, 6.07) is 22.4. The van der Waals surface area contributed by atoms with Crippen molar-refractivity contribution in [2.24, 2.45) is 9.98 Å². The van der Waals surface area contributed by atoms with Crippen molar-refractivity contribution < 1.29 is 119 Å². The summed E-state index contributed by atoms with van der Waals surface area (Å²) in [5.74, 6) is 3.09. The SMILES string of the molecule is C.CC1=NC(C=O)=CC1.COc1ccc(Nc2c(C3=CN=C(C)C3)nc3ccc(Br)cn23)cc1.Nc1ccc(Br)cn1.O=S(=O)(O)C(F)(F)F.O=S(=O)(O)C(F)(F)F.O=S(=O)(O)C(F)(F)F.[C-]#[N+]c1ccc(OC)cc1.[Sc]. The van der Waals surface area contributed by atoms with E-state index >= 15 is 0 Å². The first kappa shape index (κ1) is 73.5. The van der Waals surface area contributed by atoms with Crippen LogP contribution in [0.3, 0.4) is 0 Å². The number of carbonyl (C=O) groups excluding carboxylic acids is 1. The largest absolute Gasteiger partial charge is 0.522 e. The van der Waals surface area contributed by atoms with Crippen LogP contribution in [0.15, 0.2) is 122 Å². The molecule has 2 aliphatic rings. The van der Waals surface area contributed by atoms with Crippen molar-refractivity contribution >= 4 is 114 Å². The molecule has 0 unspecified atom stereocenters. The molecule has 5 aromatic rings. The normalized spacial score (nSPS) is 12.7. The molecule has 0 fully saturated rings. The van der Waals surface area contributed by atoms with E-state index in [0.717, 1.165) is 79.4 Å². The molecule has 0 amide bonds. The number of aliphatic imine (C=N–C) groups is 2. The molecule has 5 heterocycles. The molecule has 7 rings (SSSR count). The molecule has 0 atom stereocenters. The number of fused-ring (bicyclic) bond motifs is 1. The molecule has 0 spiro atoms. The van der Waals surface area contributed by atoms with E-state index in [1.165, 1.54) is 0 Å². The van der Waals surface area contributed by atoms with E-state index in [0.29, 0.717) is 17.2 Å². The number of nitrogens with one attached hydrogen (secondary N) is 1. The van der Waals surface area contributed by atoms with Crippen molar-refractivity contribution in [3.8, 4) is 11.5 Å². The molecule has 0 bridgehead atoms. The van der Waals surface area contributed by atoms with Gasteiger partial charge in [0.25, 0.3) is 0 Å². The van der Waals surface area contributed by atoms with Gasteiger partial charge in [0.2, 0.25) is 0 Å².